The summed E-state index contributed by atoms with van der Waals surface area (Å²) in [6.45, 7) is 1.43. The number of nitrogens with zero attached hydrogens (tertiary/aromatic N) is 2. The number of anilines is 1. The van der Waals surface area contributed by atoms with Crippen molar-refractivity contribution in [3.05, 3.63) is 60.2 Å². The second kappa shape index (κ2) is 9.51. The summed E-state index contributed by atoms with van der Waals surface area (Å²) in [5.74, 6) is -0.418. The number of rotatable bonds is 6. The number of benzene rings is 2. The maximum absolute atomic E-state index is 11.9. The fraction of sp³-hybridized carbons (Fsp3) is 0.105. The number of hydrogen-bond acceptors (Lipinski definition) is 6. The number of hydrazine groups is 1. The van der Waals surface area contributed by atoms with Crippen LogP contribution in [-0.4, -0.2) is 38.7 Å². The molecule has 0 unspecified atom stereocenters. The predicted octanol–water partition coefficient (Wildman–Crippen LogP) is 1.98. The highest BCUT2D eigenvalue weighted by molar-refractivity contribution is 7.99. The van der Waals surface area contributed by atoms with E-state index in [0.717, 1.165) is 17.3 Å². The third-order valence-corrected chi connectivity index (χ3v) is 4.45. The molecule has 3 aromatic rings. The van der Waals surface area contributed by atoms with E-state index in [0.29, 0.717) is 22.2 Å². The quantitative estimate of drug-likeness (QED) is 0.363. The zero-order valence-corrected chi connectivity index (χ0v) is 16.2. The van der Waals surface area contributed by atoms with E-state index in [1.807, 2.05) is 6.07 Å². The second-order valence-corrected chi connectivity index (χ2v) is 6.83. The Morgan fingerprint density at radius 1 is 1.03 bits per heavy atom. The molecule has 1 heterocycles. The van der Waals surface area contributed by atoms with Crippen LogP contribution in [0.1, 0.15) is 17.3 Å². The van der Waals surface area contributed by atoms with Crippen LogP contribution in [0.2, 0.25) is 0 Å². The van der Waals surface area contributed by atoms with E-state index in [1.165, 1.54) is 6.92 Å². The van der Waals surface area contributed by atoms with E-state index >= 15 is 0 Å². The monoisotopic (exact) mass is 410 g/mol. The van der Waals surface area contributed by atoms with E-state index in [1.54, 1.807) is 48.5 Å². The number of thioether (sulfide) groups is 1. The van der Waals surface area contributed by atoms with Crippen LogP contribution in [0, 0.1) is 0 Å². The number of amides is 3. The third kappa shape index (κ3) is 5.91. The number of nitrogens with one attached hydrogen (secondary N) is 4. The van der Waals surface area contributed by atoms with Crippen molar-refractivity contribution in [1.82, 2.24) is 26.0 Å². The lowest BCUT2D eigenvalue weighted by Crippen LogP contribution is -2.42. The first-order valence-electron chi connectivity index (χ1n) is 8.59. The summed E-state index contributed by atoms with van der Waals surface area (Å²) in [5.41, 5.74) is 6.54. The van der Waals surface area contributed by atoms with Gasteiger partial charge in [0.15, 0.2) is 5.82 Å². The van der Waals surface area contributed by atoms with Gasteiger partial charge in [0, 0.05) is 23.7 Å². The minimum Gasteiger partial charge on any atom is -0.326 e. The average Bonchev–Trinajstić information content (AvgIpc) is 3.20. The molecule has 0 bridgehead atoms. The molecule has 0 radical (unpaired) electrons. The van der Waals surface area contributed by atoms with Gasteiger partial charge in [0.2, 0.25) is 17.0 Å². The maximum atomic E-state index is 11.9. The minimum atomic E-state index is -0.400. The molecular weight excluding hydrogens is 392 g/mol. The smallest absolute Gasteiger partial charge is 0.269 e. The van der Waals surface area contributed by atoms with Crippen molar-refractivity contribution in [3.63, 3.8) is 0 Å². The molecule has 1 aromatic heterocycles. The molecule has 0 spiro atoms. The summed E-state index contributed by atoms with van der Waals surface area (Å²) in [6.07, 6.45) is 0. The van der Waals surface area contributed by atoms with E-state index in [-0.39, 0.29) is 11.7 Å². The molecule has 10 heteroatoms. The van der Waals surface area contributed by atoms with Gasteiger partial charge in [0.1, 0.15) is 0 Å². The van der Waals surface area contributed by atoms with Crippen LogP contribution in [0.5, 0.6) is 0 Å². The fourth-order valence-corrected chi connectivity index (χ4v) is 2.94. The molecule has 0 saturated heterocycles. The molecule has 0 saturated carbocycles. The van der Waals surface area contributed by atoms with Crippen LogP contribution < -0.4 is 16.2 Å². The molecule has 0 atom stereocenters. The van der Waals surface area contributed by atoms with E-state index < -0.39 is 11.8 Å². The Morgan fingerprint density at radius 2 is 1.83 bits per heavy atom. The number of aromatic amines is 1. The van der Waals surface area contributed by atoms with Crippen molar-refractivity contribution in [2.24, 2.45) is 0 Å². The number of carbonyl (C=O) groups is 3. The molecule has 4 N–H and O–H groups in total. The molecule has 0 aliphatic carbocycles. The topological polar surface area (TPSA) is 129 Å². The summed E-state index contributed by atoms with van der Waals surface area (Å²) in [4.78, 5) is 39.3. The Bertz CT molecular complexity index is 1020. The van der Waals surface area contributed by atoms with Gasteiger partial charge in [0.05, 0.1) is 5.75 Å². The van der Waals surface area contributed by atoms with Crippen molar-refractivity contribution in [2.45, 2.75) is 12.1 Å². The van der Waals surface area contributed by atoms with Gasteiger partial charge >= 0.3 is 0 Å². The fourth-order valence-electron chi connectivity index (χ4n) is 2.34. The number of aromatic nitrogens is 3. The molecule has 3 rings (SSSR count). The molecule has 29 heavy (non-hydrogen) atoms. The lowest BCUT2D eigenvalue weighted by atomic mass is 10.2. The normalized spacial score (nSPS) is 10.2. The Morgan fingerprint density at radius 3 is 2.59 bits per heavy atom. The van der Waals surface area contributed by atoms with Crippen LogP contribution in [0.15, 0.2) is 59.8 Å². The van der Waals surface area contributed by atoms with Crippen LogP contribution >= 0.6 is 11.8 Å². The van der Waals surface area contributed by atoms with Gasteiger partial charge in [-0.1, -0.05) is 42.1 Å². The van der Waals surface area contributed by atoms with E-state index in [4.69, 9.17) is 0 Å². The Hall–Kier alpha value is -3.66. The molecule has 0 fully saturated rings. The molecule has 0 aliphatic heterocycles. The Kier molecular flexibility index (Phi) is 6.59. The summed E-state index contributed by atoms with van der Waals surface area (Å²) in [6, 6.07) is 15.7. The second-order valence-electron chi connectivity index (χ2n) is 5.89. The van der Waals surface area contributed by atoms with Crippen molar-refractivity contribution in [2.75, 3.05) is 11.1 Å². The summed E-state index contributed by atoms with van der Waals surface area (Å²) >= 11 is 1.12. The third-order valence-electron chi connectivity index (χ3n) is 3.61. The number of H-pyrrole nitrogens is 1. The average molecular weight is 410 g/mol. The first-order chi connectivity index (χ1) is 14.0. The Labute approximate surface area is 170 Å². The highest BCUT2D eigenvalue weighted by Crippen LogP contribution is 2.21. The maximum Gasteiger partial charge on any atom is 0.269 e. The van der Waals surface area contributed by atoms with Crippen LogP contribution in [0.4, 0.5) is 5.69 Å². The van der Waals surface area contributed by atoms with Gasteiger partial charge < -0.3 is 5.32 Å². The number of carbonyl (C=O) groups excluding carboxylic acids is 3. The molecule has 3 amide bonds. The summed E-state index contributed by atoms with van der Waals surface area (Å²) in [5, 5.41) is 9.96. The Balaban J connectivity index is 1.51. The summed E-state index contributed by atoms with van der Waals surface area (Å²) < 4.78 is 0. The van der Waals surface area contributed by atoms with Crippen molar-refractivity contribution in [3.8, 4) is 11.4 Å². The molecule has 9 nitrogen and oxygen atoms in total. The van der Waals surface area contributed by atoms with Gasteiger partial charge in [-0.15, -0.1) is 5.10 Å². The van der Waals surface area contributed by atoms with Gasteiger partial charge in [-0.25, -0.2) is 4.98 Å². The highest BCUT2D eigenvalue weighted by Gasteiger charge is 2.11. The lowest BCUT2D eigenvalue weighted by Gasteiger charge is -2.06. The van der Waals surface area contributed by atoms with Crippen molar-refractivity contribution < 1.29 is 14.4 Å². The molecule has 0 aliphatic rings. The minimum absolute atomic E-state index is 0.0261. The van der Waals surface area contributed by atoms with Crippen LogP contribution in [0.25, 0.3) is 11.4 Å². The summed E-state index contributed by atoms with van der Waals surface area (Å²) in [7, 11) is 0. The predicted molar refractivity (Wildman–Crippen MR) is 109 cm³/mol. The SMILES string of the molecule is CC(=O)Nc1cccc(-c2nc(SCC(=O)NNC(=O)c3ccccc3)n[nH]2)c1. The van der Waals surface area contributed by atoms with Crippen molar-refractivity contribution in [1.29, 1.82) is 0 Å². The first kappa shape index (κ1) is 20.1. The largest absolute Gasteiger partial charge is 0.326 e. The van der Waals surface area contributed by atoms with E-state index in [9.17, 15) is 14.4 Å². The lowest BCUT2D eigenvalue weighted by molar-refractivity contribution is -0.119. The van der Waals surface area contributed by atoms with Crippen LogP contribution in [-0.2, 0) is 9.59 Å². The van der Waals surface area contributed by atoms with Crippen LogP contribution in [0.3, 0.4) is 0 Å². The zero-order valence-electron chi connectivity index (χ0n) is 15.4. The van der Waals surface area contributed by atoms with Gasteiger partial charge in [-0.05, 0) is 24.3 Å². The molecule has 148 valence electrons. The molecular formula is C19H18N6O3S. The number of hydrogen-bond donors (Lipinski definition) is 4. The zero-order chi connectivity index (χ0) is 20.6. The van der Waals surface area contributed by atoms with Gasteiger partial charge in [-0.3, -0.25) is 30.3 Å². The first-order valence-corrected chi connectivity index (χ1v) is 9.57. The molecule has 2 aromatic carbocycles. The van der Waals surface area contributed by atoms with Crippen molar-refractivity contribution >= 4 is 35.2 Å². The standard InChI is InChI=1S/C19H18N6O3S/c1-12(26)20-15-9-5-8-14(10-15)17-21-19(25-23-17)29-11-16(27)22-24-18(28)13-6-3-2-4-7-13/h2-10H,11H2,1H3,(H,20,26)(H,22,27)(H,24,28)(H,21,23,25). The van der Waals surface area contributed by atoms with Gasteiger partial charge in [-0.2, -0.15) is 0 Å². The van der Waals surface area contributed by atoms with Gasteiger partial charge in [0.25, 0.3) is 5.91 Å². The van der Waals surface area contributed by atoms with E-state index in [2.05, 4.69) is 31.3 Å². The highest BCUT2D eigenvalue weighted by atomic mass is 32.2.